The van der Waals surface area contributed by atoms with E-state index in [0.29, 0.717) is 5.54 Å². The lowest BCUT2D eigenvalue weighted by Gasteiger charge is -2.43. The first kappa shape index (κ1) is 9.47. The van der Waals surface area contributed by atoms with Gasteiger partial charge in [0, 0.05) is 18.1 Å². The standard InChI is InChI=1S/C11H22N2/c1-9-4-2-3-7-11(9,8-12)13-10-5-6-10/h9-10,13H,2-8,12H2,1H3. The van der Waals surface area contributed by atoms with Crippen LogP contribution < -0.4 is 11.1 Å². The van der Waals surface area contributed by atoms with Crippen molar-refractivity contribution in [2.75, 3.05) is 6.54 Å². The maximum Gasteiger partial charge on any atom is 0.0332 e. The monoisotopic (exact) mass is 182 g/mol. The van der Waals surface area contributed by atoms with E-state index in [0.717, 1.165) is 18.5 Å². The zero-order valence-electron chi connectivity index (χ0n) is 8.68. The van der Waals surface area contributed by atoms with E-state index in [1.54, 1.807) is 0 Å². The Morgan fingerprint density at radius 3 is 2.62 bits per heavy atom. The van der Waals surface area contributed by atoms with Gasteiger partial charge in [-0.1, -0.05) is 19.8 Å². The molecule has 2 atom stereocenters. The zero-order valence-corrected chi connectivity index (χ0v) is 8.68. The molecule has 3 N–H and O–H groups in total. The second kappa shape index (κ2) is 3.58. The summed E-state index contributed by atoms with van der Waals surface area (Å²) in [5.41, 5.74) is 6.23. The van der Waals surface area contributed by atoms with Crippen LogP contribution in [0, 0.1) is 5.92 Å². The fourth-order valence-electron chi connectivity index (χ4n) is 2.62. The normalized spacial score (nSPS) is 40.6. The van der Waals surface area contributed by atoms with Crippen LogP contribution in [0.5, 0.6) is 0 Å². The summed E-state index contributed by atoms with van der Waals surface area (Å²) in [6, 6.07) is 0.795. The highest BCUT2D eigenvalue weighted by Gasteiger charge is 2.40. The van der Waals surface area contributed by atoms with Crippen molar-refractivity contribution in [2.45, 2.75) is 57.0 Å². The van der Waals surface area contributed by atoms with Gasteiger partial charge in [-0.05, 0) is 31.6 Å². The number of hydrogen-bond donors (Lipinski definition) is 2. The third-order valence-electron chi connectivity index (χ3n) is 3.89. The molecule has 2 fully saturated rings. The van der Waals surface area contributed by atoms with Gasteiger partial charge in [-0.15, -0.1) is 0 Å². The van der Waals surface area contributed by atoms with E-state index in [-0.39, 0.29) is 0 Å². The molecule has 2 aliphatic carbocycles. The van der Waals surface area contributed by atoms with E-state index >= 15 is 0 Å². The summed E-state index contributed by atoms with van der Waals surface area (Å²) in [4.78, 5) is 0. The van der Waals surface area contributed by atoms with Gasteiger partial charge in [-0.3, -0.25) is 0 Å². The largest absolute Gasteiger partial charge is 0.329 e. The van der Waals surface area contributed by atoms with Gasteiger partial charge in [0.15, 0.2) is 0 Å². The molecule has 0 aromatic carbocycles. The van der Waals surface area contributed by atoms with Crippen molar-refractivity contribution in [3.05, 3.63) is 0 Å². The van der Waals surface area contributed by atoms with Crippen LogP contribution in [0.4, 0.5) is 0 Å². The lowest BCUT2D eigenvalue weighted by molar-refractivity contribution is 0.159. The summed E-state index contributed by atoms with van der Waals surface area (Å²) in [5, 5.41) is 3.78. The molecule has 0 heterocycles. The summed E-state index contributed by atoms with van der Waals surface area (Å²) in [7, 11) is 0. The lowest BCUT2D eigenvalue weighted by atomic mass is 9.73. The average Bonchev–Trinajstić information content (AvgIpc) is 2.93. The number of rotatable bonds is 3. The summed E-state index contributed by atoms with van der Waals surface area (Å²) >= 11 is 0. The van der Waals surface area contributed by atoms with Crippen LogP contribution in [0.1, 0.15) is 45.4 Å². The van der Waals surface area contributed by atoms with Crippen molar-refractivity contribution in [2.24, 2.45) is 11.7 Å². The second-order valence-electron chi connectivity index (χ2n) is 4.93. The Bertz CT molecular complexity index is 177. The van der Waals surface area contributed by atoms with Crippen LogP contribution in [0.2, 0.25) is 0 Å². The summed E-state index contributed by atoms with van der Waals surface area (Å²) in [6.07, 6.45) is 8.15. The van der Waals surface area contributed by atoms with Crippen LogP contribution in [-0.2, 0) is 0 Å². The highest BCUT2D eigenvalue weighted by molar-refractivity contribution is 5.00. The Kier molecular flexibility index (Phi) is 2.61. The number of hydrogen-bond acceptors (Lipinski definition) is 2. The van der Waals surface area contributed by atoms with Gasteiger partial charge >= 0.3 is 0 Å². The van der Waals surface area contributed by atoms with Crippen molar-refractivity contribution in [1.29, 1.82) is 0 Å². The molecule has 2 rings (SSSR count). The van der Waals surface area contributed by atoms with Gasteiger partial charge in [-0.25, -0.2) is 0 Å². The van der Waals surface area contributed by atoms with Crippen molar-refractivity contribution in [3.63, 3.8) is 0 Å². The van der Waals surface area contributed by atoms with Crippen LogP contribution in [-0.4, -0.2) is 18.1 Å². The smallest absolute Gasteiger partial charge is 0.0332 e. The fraction of sp³-hybridized carbons (Fsp3) is 1.00. The van der Waals surface area contributed by atoms with E-state index in [9.17, 15) is 0 Å². The molecule has 2 saturated carbocycles. The molecule has 0 aromatic rings. The molecule has 2 heteroatoms. The Labute approximate surface area is 81.3 Å². The summed E-state index contributed by atoms with van der Waals surface area (Å²) in [5.74, 6) is 0.770. The Hall–Kier alpha value is -0.0800. The predicted octanol–water partition coefficient (Wildman–Crippen LogP) is 1.65. The molecule has 0 amide bonds. The summed E-state index contributed by atoms with van der Waals surface area (Å²) < 4.78 is 0. The lowest BCUT2D eigenvalue weighted by Crippen LogP contribution is -2.57. The fourth-order valence-corrected chi connectivity index (χ4v) is 2.62. The molecule has 0 aliphatic heterocycles. The topological polar surface area (TPSA) is 38.0 Å². The summed E-state index contributed by atoms with van der Waals surface area (Å²) in [6.45, 7) is 3.19. The average molecular weight is 182 g/mol. The van der Waals surface area contributed by atoms with Crippen molar-refractivity contribution in [1.82, 2.24) is 5.32 Å². The van der Waals surface area contributed by atoms with Gasteiger partial charge in [0.2, 0.25) is 0 Å². The van der Waals surface area contributed by atoms with Crippen LogP contribution >= 0.6 is 0 Å². The molecule has 0 spiro atoms. The molecule has 2 unspecified atom stereocenters. The Balaban J connectivity index is 2.00. The molecule has 2 aliphatic rings. The first-order valence-corrected chi connectivity index (χ1v) is 5.74. The van der Waals surface area contributed by atoms with E-state index in [2.05, 4.69) is 12.2 Å². The maximum atomic E-state index is 5.94. The molecular formula is C11H22N2. The predicted molar refractivity (Wildman–Crippen MR) is 55.6 cm³/mol. The van der Waals surface area contributed by atoms with Gasteiger partial charge < -0.3 is 11.1 Å². The highest BCUT2D eigenvalue weighted by Crippen LogP contribution is 2.35. The van der Waals surface area contributed by atoms with E-state index < -0.39 is 0 Å². The molecule has 0 aromatic heterocycles. The van der Waals surface area contributed by atoms with Crippen molar-refractivity contribution in [3.8, 4) is 0 Å². The van der Waals surface area contributed by atoms with Crippen LogP contribution in [0.15, 0.2) is 0 Å². The second-order valence-corrected chi connectivity index (χ2v) is 4.93. The number of nitrogens with two attached hydrogens (primary N) is 1. The van der Waals surface area contributed by atoms with E-state index in [1.807, 2.05) is 0 Å². The highest BCUT2D eigenvalue weighted by atomic mass is 15.1. The van der Waals surface area contributed by atoms with Crippen LogP contribution in [0.3, 0.4) is 0 Å². The van der Waals surface area contributed by atoms with E-state index in [4.69, 9.17) is 5.73 Å². The quantitative estimate of drug-likeness (QED) is 0.696. The molecule has 0 radical (unpaired) electrons. The third-order valence-corrected chi connectivity index (χ3v) is 3.89. The minimum Gasteiger partial charge on any atom is -0.329 e. The van der Waals surface area contributed by atoms with Gasteiger partial charge in [-0.2, -0.15) is 0 Å². The van der Waals surface area contributed by atoms with Crippen molar-refractivity contribution < 1.29 is 0 Å². The molecule has 76 valence electrons. The first-order chi connectivity index (χ1) is 6.27. The molecular weight excluding hydrogens is 160 g/mol. The molecule has 13 heavy (non-hydrogen) atoms. The van der Waals surface area contributed by atoms with Crippen molar-refractivity contribution >= 4 is 0 Å². The number of nitrogens with one attached hydrogen (secondary N) is 1. The van der Waals surface area contributed by atoms with Gasteiger partial charge in [0.05, 0.1) is 0 Å². The van der Waals surface area contributed by atoms with Crippen LogP contribution in [0.25, 0.3) is 0 Å². The zero-order chi connectivity index (χ0) is 9.31. The molecule has 0 bridgehead atoms. The Morgan fingerprint density at radius 2 is 2.08 bits per heavy atom. The van der Waals surface area contributed by atoms with E-state index in [1.165, 1.54) is 38.5 Å². The first-order valence-electron chi connectivity index (χ1n) is 5.74. The minimum atomic E-state index is 0.291. The minimum absolute atomic E-state index is 0.291. The molecule has 2 nitrogen and oxygen atoms in total. The SMILES string of the molecule is CC1CCCCC1(CN)NC1CC1. The van der Waals surface area contributed by atoms with Gasteiger partial charge in [0.25, 0.3) is 0 Å². The molecule has 0 saturated heterocycles. The Morgan fingerprint density at radius 1 is 1.31 bits per heavy atom. The van der Waals surface area contributed by atoms with Gasteiger partial charge in [0.1, 0.15) is 0 Å². The third kappa shape index (κ3) is 1.89. The maximum absolute atomic E-state index is 5.94.